The molecule has 1 N–H and O–H groups in total. The molecule has 0 aliphatic carbocycles. The number of benzene rings is 1. The number of carbonyl (C=O) groups excluding carboxylic acids is 3. The maximum absolute atomic E-state index is 13.8. The zero-order valence-electron chi connectivity index (χ0n) is 21.5. The first-order valence-electron chi connectivity index (χ1n) is 12.4. The third-order valence-electron chi connectivity index (χ3n) is 6.71. The molecule has 1 saturated heterocycles. The van der Waals surface area contributed by atoms with Gasteiger partial charge in [-0.1, -0.05) is 0 Å². The van der Waals surface area contributed by atoms with Crippen molar-refractivity contribution in [3.05, 3.63) is 66.0 Å². The van der Waals surface area contributed by atoms with Crippen LogP contribution in [0, 0.1) is 5.41 Å². The molecule has 10 heteroatoms. The fourth-order valence-corrected chi connectivity index (χ4v) is 4.87. The van der Waals surface area contributed by atoms with E-state index in [0.717, 1.165) is 17.0 Å². The molecule has 3 amide bonds. The van der Waals surface area contributed by atoms with Crippen molar-refractivity contribution >= 4 is 40.3 Å². The molecule has 37 heavy (non-hydrogen) atoms. The van der Waals surface area contributed by atoms with Gasteiger partial charge in [0.2, 0.25) is 0 Å². The summed E-state index contributed by atoms with van der Waals surface area (Å²) in [6, 6.07) is 14.4. The fraction of sp³-hybridized carbons (Fsp3) is 0.444. The van der Waals surface area contributed by atoms with Crippen LogP contribution in [0.1, 0.15) is 31.5 Å². The fourth-order valence-electron chi connectivity index (χ4n) is 4.69. The number of nitrogens with one attached hydrogen (secondary N) is 1. The van der Waals surface area contributed by atoms with E-state index < -0.39 is 15.7 Å². The average molecular weight is 568 g/mol. The third kappa shape index (κ3) is 6.10. The van der Waals surface area contributed by atoms with Gasteiger partial charge in [-0.15, -0.1) is 0 Å². The van der Waals surface area contributed by atoms with Gasteiger partial charge in [-0.2, -0.15) is 0 Å². The summed E-state index contributed by atoms with van der Waals surface area (Å²) >= 11 is 1.28. The Hall–Kier alpha value is -3.03. The van der Waals surface area contributed by atoms with E-state index in [1.807, 2.05) is 62.4 Å². The molecule has 3 heterocycles. The molecule has 2 aliphatic heterocycles. The molecule has 3 atom stereocenters. The molecule has 3 unspecified atom stereocenters. The molecule has 2 aliphatic rings. The van der Waals surface area contributed by atoms with Gasteiger partial charge in [0.1, 0.15) is 0 Å². The van der Waals surface area contributed by atoms with Gasteiger partial charge in [-0.25, -0.2) is 0 Å². The zero-order valence-corrected chi connectivity index (χ0v) is 23.9. The molecule has 1 fully saturated rings. The van der Waals surface area contributed by atoms with Crippen LogP contribution in [-0.2, 0) is 32.1 Å². The number of amides is 3. The van der Waals surface area contributed by atoms with E-state index in [9.17, 15) is 14.4 Å². The standard InChI is InChI=1S/C27H34AsN5O4/c1-26(2,28)24(35)30-21(17-37-16-19-9-5-4-6-10-19)23(34)33-14-12-22-27(18-33,25(36)32(3)31-22)15-20-11-7-8-13-29-20/h4-11,13,21H,12,14-18,28H2,1-3H3,(H,30,35). The Morgan fingerprint density at radius 2 is 1.92 bits per heavy atom. The zero-order chi connectivity index (χ0) is 26.6. The minimum atomic E-state index is -0.969. The molecule has 0 bridgehead atoms. The van der Waals surface area contributed by atoms with Gasteiger partial charge in [0.05, 0.1) is 0 Å². The van der Waals surface area contributed by atoms with Crippen LogP contribution in [-0.4, -0.2) is 88.0 Å². The molecule has 1 aromatic heterocycles. The molecule has 4 rings (SSSR count). The number of pyridine rings is 1. The number of aromatic nitrogens is 1. The van der Waals surface area contributed by atoms with E-state index in [1.54, 1.807) is 18.1 Å². The first kappa shape index (κ1) is 27.0. The Balaban J connectivity index is 1.54. The van der Waals surface area contributed by atoms with E-state index in [4.69, 9.17) is 4.74 Å². The first-order chi connectivity index (χ1) is 17.6. The molecule has 0 saturated carbocycles. The predicted molar refractivity (Wildman–Crippen MR) is 142 cm³/mol. The number of ether oxygens (including phenoxy) is 1. The van der Waals surface area contributed by atoms with Crippen molar-refractivity contribution in [1.29, 1.82) is 0 Å². The number of fused-ring (bicyclic) bond motifs is 1. The van der Waals surface area contributed by atoms with E-state index in [2.05, 4.69) is 15.4 Å². The van der Waals surface area contributed by atoms with E-state index >= 15 is 0 Å². The minimum absolute atomic E-state index is 0.0289. The Bertz CT molecular complexity index is 1170. The number of hydrogen-bond acceptors (Lipinski definition) is 6. The van der Waals surface area contributed by atoms with Crippen LogP contribution >= 0.6 is 0 Å². The van der Waals surface area contributed by atoms with Gasteiger partial charge < -0.3 is 0 Å². The van der Waals surface area contributed by atoms with Crippen molar-refractivity contribution in [3.8, 4) is 0 Å². The summed E-state index contributed by atoms with van der Waals surface area (Å²) in [7, 11) is 1.64. The van der Waals surface area contributed by atoms with E-state index in [0.29, 0.717) is 26.0 Å². The van der Waals surface area contributed by atoms with Crippen LogP contribution in [0.3, 0.4) is 0 Å². The second-order valence-corrected chi connectivity index (χ2v) is 13.2. The van der Waals surface area contributed by atoms with Crippen molar-refractivity contribution in [2.24, 2.45) is 10.5 Å². The molecule has 1 aromatic carbocycles. The van der Waals surface area contributed by atoms with Crippen LogP contribution in [0.2, 0.25) is 4.20 Å². The number of hydrogen-bond donors (Lipinski definition) is 1. The van der Waals surface area contributed by atoms with Gasteiger partial charge >= 0.3 is 220 Å². The van der Waals surface area contributed by atoms with Crippen LogP contribution in [0.4, 0.5) is 0 Å². The monoisotopic (exact) mass is 567 g/mol. The number of carbonyl (C=O) groups is 3. The Morgan fingerprint density at radius 3 is 2.59 bits per heavy atom. The van der Waals surface area contributed by atoms with Gasteiger partial charge in [0, 0.05) is 0 Å². The van der Waals surface area contributed by atoms with Crippen LogP contribution in [0.25, 0.3) is 0 Å². The molecular weight excluding hydrogens is 533 g/mol. The van der Waals surface area contributed by atoms with Crippen LogP contribution in [0.15, 0.2) is 59.8 Å². The Labute approximate surface area is 226 Å². The molecule has 2 aromatic rings. The summed E-state index contributed by atoms with van der Waals surface area (Å²) in [5.74, 6) is -0.628. The predicted octanol–water partition coefficient (Wildman–Crippen LogP) is 1.20. The van der Waals surface area contributed by atoms with Crippen molar-refractivity contribution in [2.45, 2.75) is 43.5 Å². The summed E-state index contributed by atoms with van der Waals surface area (Å²) in [5, 5.41) is 8.78. The van der Waals surface area contributed by atoms with Crippen molar-refractivity contribution < 1.29 is 19.1 Å². The summed E-state index contributed by atoms with van der Waals surface area (Å²) in [4.78, 5) is 46.2. The first-order valence-corrected chi connectivity index (χ1v) is 13.6. The second kappa shape index (κ2) is 11.2. The van der Waals surface area contributed by atoms with E-state index in [-0.39, 0.29) is 30.9 Å². The molecular formula is C27H34AsN5O4. The molecule has 0 spiro atoms. The topological polar surface area (TPSA) is 104 Å². The average Bonchev–Trinajstić information content (AvgIpc) is 3.12. The summed E-state index contributed by atoms with van der Waals surface area (Å²) in [6.45, 7) is 4.59. The van der Waals surface area contributed by atoms with Gasteiger partial charge in [-0.3, -0.25) is 0 Å². The summed E-state index contributed by atoms with van der Waals surface area (Å²) < 4.78 is 5.27. The normalized spacial score (nSPS) is 20.3. The third-order valence-corrected chi connectivity index (χ3v) is 7.26. The molecule has 196 valence electrons. The van der Waals surface area contributed by atoms with E-state index in [1.165, 1.54) is 21.9 Å². The van der Waals surface area contributed by atoms with Crippen LogP contribution in [0.5, 0.6) is 0 Å². The number of likely N-dealkylation sites (tertiary alicyclic amines) is 1. The Kier molecular flexibility index (Phi) is 8.14. The van der Waals surface area contributed by atoms with Crippen LogP contribution < -0.4 is 5.32 Å². The quantitative estimate of drug-likeness (QED) is 0.459. The molecule has 9 nitrogen and oxygen atoms in total. The number of rotatable bonds is 9. The summed E-state index contributed by atoms with van der Waals surface area (Å²) in [6.07, 6.45) is 2.52. The van der Waals surface area contributed by atoms with Crippen molar-refractivity contribution in [3.63, 3.8) is 0 Å². The number of nitrogens with zero attached hydrogens (tertiary/aromatic N) is 4. The second-order valence-electron chi connectivity index (χ2n) is 10.2. The van der Waals surface area contributed by atoms with Gasteiger partial charge in [0.25, 0.3) is 0 Å². The Morgan fingerprint density at radius 1 is 1.19 bits per heavy atom. The maximum atomic E-state index is 13.8. The van der Waals surface area contributed by atoms with Gasteiger partial charge in [-0.05, 0) is 6.07 Å². The van der Waals surface area contributed by atoms with Gasteiger partial charge in [0.15, 0.2) is 0 Å². The SMILES string of the molecule is CN1N=C2CCN(C(=O)C(COCc3ccccc3)NC(=O)C(C)(C)[AsH2])CC2(Cc2ccccn2)C1=O. The summed E-state index contributed by atoms with van der Waals surface area (Å²) in [5.41, 5.74) is 1.54. The number of hydrazone groups is 1. The molecule has 0 radical (unpaired) electrons. The van der Waals surface area contributed by atoms with Crippen molar-refractivity contribution in [1.82, 2.24) is 20.2 Å². The number of piperidine rings is 1. The van der Waals surface area contributed by atoms with Crippen molar-refractivity contribution in [2.75, 3.05) is 26.7 Å².